The lowest BCUT2D eigenvalue weighted by Crippen LogP contribution is -2.69. The number of amides is 3. The van der Waals surface area contributed by atoms with Gasteiger partial charge in [0.2, 0.25) is 17.7 Å². The van der Waals surface area contributed by atoms with Crippen LogP contribution in [0, 0.1) is 0 Å². The fourth-order valence-corrected chi connectivity index (χ4v) is 6.65. The summed E-state index contributed by atoms with van der Waals surface area (Å²) in [6.45, 7) is 0.0638. The summed E-state index contributed by atoms with van der Waals surface area (Å²) in [4.78, 5) is 35.5. The van der Waals surface area contributed by atoms with E-state index in [-0.39, 0.29) is 0 Å². The van der Waals surface area contributed by atoms with Gasteiger partial charge in [-0.1, -0.05) is 0 Å². The van der Waals surface area contributed by atoms with Crippen LogP contribution in [0.25, 0.3) is 0 Å². The number of ether oxygens (including phenoxy) is 7. The van der Waals surface area contributed by atoms with Crippen molar-refractivity contribution in [1.29, 1.82) is 0 Å². The molecule has 4 rings (SSSR count). The first-order valence-electron chi connectivity index (χ1n) is 17.1. The zero-order valence-electron chi connectivity index (χ0n) is 29.4. The Morgan fingerprint density at radius 2 is 0.926 bits per heavy atom. The van der Waals surface area contributed by atoms with Crippen LogP contribution in [0.5, 0.6) is 0 Å². The Labute approximate surface area is 307 Å². The van der Waals surface area contributed by atoms with Gasteiger partial charge in [-0.3, -0.25) is 14.4 Å². The van der Waals surface area contributed by atoms with Gasteiger partial charge in [0, 0.05) is 20.8 Å². The third kappa shape index (κ3) is 9.97. The Morgan fingerprint density at radius 3 is 1.48 bits per heavy atom. The highest BCUT2D eigenvalue weighted by molar-refractivity contribution is 5.74. The Kier molecular flexibility index (Phi) is 15.8. The van der Waals surface area contributed by atoms with Gasteiger partial charge in [-0.05, 0) is 0 Å². The molecule has 4 heterocycles. The average Bonchev–Trinajstić information content (AvgIpc) is 3.11. The van der Waals surface area contributed by atoms with Crippen LogP contribution in [0.1, 0.15) is 20.8 Å². The molecule has 24 nitrogen and oxygen atoms in total. The van der Waals surface area contributed by atoms with Gasteiger partial charge in [0.05, 0.1) is 26.4 Å². The van der Waals surface area contributed by atoms with E-state index in [0.717, 1.165) is 20.8 Å². The van der Waals surface area contributed by atoms with Gasteiger partial charge in [-0.2, -0.15) is 0 Å². The van der Waals surface area contributed by atoms with Crippen molar-refractivity contribution in [3.05, 3.63) is 0 Å². The second-order valence-electron chi connectivity index (χ2n) is 13.4. The first-order chi connectivity index (χ1) is 25.4. The van der Waals surface area contributed by atoms with E-state index >= 15 is 0 Å². The molecule has 0 spiro atoms. The Morgan fingerprint density at radius 1 is 0.481 bits per heavy atom. The number of hydrogen-bond donors (Lipinski definition) is 14. The molecule has 54 heavy (non-hydrogen) atoms. The van der Waals surface area contributed by atoms with Gasteiger partial charge in [0.25, 0.3) is 0 Å². The van der Waals surface area contributed by atoms with Gasteiger partial charge < -0.3 is 105 Å². The van der Waals surface area contributed by atoms with Crippen molar-refractivity contribution < 1.29 is 104 Å². The molecule has 4 saturated heterocycles. The number of carbonyl (C=O) groups is 3. The first-order valence-corrected chi connectivity index (χ1v) is 17.1. The van der Waals surface area contributed by atoms with E-state index in [1.165, 1.54) is 0 Å². The van der Waals surface area contributed by atoms with Crippen molar-refractivity contribution in [2.75, 3.05) is 26.4 Å². The zero-order chi connectivity index (χ0) is 40.2. The monoisotopic (exact) mass is 789 g/mol. The van der Waals surface area contributed by atoms with Crippen LogP contribution in [0.2, 0.25) is 0 Å². The highest BCUT2D eigenvalue weighted by Gasteiger charge is 2.55. The minimum atomic E-state index is -2.02. The van der Waals surface area contributed by atoms with Gasteiger partial charge in [0.15, 0.2) is 25.2 Å². The normalized spacial score (nSPS) is 45.7. The second-order valence-corrected chi connectivity index (χ2v) is 13.4. The number of aliphatic hydroxyl groups is 11. The zero-order valence-corrected chi connectivity index (χ0v) is 29.4. The molecule has 0 saturated carbocycles. The Bertz CT molecular complexity index is 1250. The maximum absolute atomic E-state index is 12.2. The molecule has 3 amide bonds. The molecule has 24 heteroatoms. The smallest absolute Gasteiger partial charge is 0.217 e. The van der Waals surface area contributed by atoms with Gasteiger partial charge in [-0.15, -0.1) is 0 Å². The predicted molar refractivity (Wildman–Crippen MR) is 169 cm³/mol. The van der Waals surface area contributed by atoms with E-state index in [0.29, 0.717) is 0 Å². The molecule has 0 aromatic rings. The lowest BCUT2D eigenvalue weighted by Gasteiger charge is -2.49. The summed E-state index contributed by atoms with van der Waals surface area (Å²) in [6.07, 6.45) is -29.0. The number of aliphatic hydroxyl groups excluding tert-OH is 11. The number of rotatable bonds is 13. The molecule has 1 unspecified atom stereocenters. The van der Waals surface area contributed by atoms with E-state index in [4.69, 9.17) is 33.2 Å². The average molecular weight is 790 g/mol. The lowest BCUT2D eigenvalue weighted by molar-refractivity contribution is -0.370. The fourth-order valence-electron chi connectivity index (χ4n) is 6.65. The van der Waals surface area contributed by atoms with Crippen LogP contribution in [0.15, 0.2) is 0 Å². The maximum Gasteiger partial charge on any atom is 0.217 e. The molecule has 0 bridgehead atoms. The number of carbonyl (C=O) groups excluding carboxylic acids is 3. The molecular weight excluding hydrogens is 738 g/mol. The summed E-state index contributed by atoms with van der Waals surface area (Å²) in [5.41, 5.74) is 0. The van der Waals surface area contributed by atoms with E-state index in [1.54, 1.807) is 0 Å². The Hall–Kier alpha value is -2.31. The van der Waals surface area contributed by atoms with E-state index < -0.39 is 167 Å². The highest BCUT2D eigenvalue weighted by Crippen LogP contribution is 2.33. The minimum absolute atomic E-state index is 0.624. The molecule has 4 aliphatic rings. The summed E-state index contributed by atoms with van der Waals surface area (Å²) >= 11 is 0. The van der Waals surface area contributed by atoms with Crippen molar-refractivity contribution in [3.63, 3.8) is 0 Å². The number of hydrogen-bond acceptors (Lipinski definition) is 21. The van der Waals surface area contributed by atoms with E-state index in [2.05, 4.69) is 16.0 Å². The lowest BCUT2D eigenvalue weighted by atomic mass is 9.94. The third-order valence-electron chi connectivity index (χ3n) is 9.39. The van der Waals surface area contributed by atoms with Crippen molar-refractivity contribution in [2.24, 2.45) is 0 Å². The number of nitrogens with one attached hydrogen (secondary N) is 3. The maximum atomic E-state index is 12.2. The van der Waals surface area contributed by atoms with Crippen LogP contribution in [-0.4, -0.2) is 223 Å². The molecular formula is C30H51N3O21. The molecule has 0 aromatic heterocycles. The summed E-state index contributed by atoms with van der Waals surface area (Å²) in [6, 6.07) is -4.39. The summed E-state index contributed by atoms with van der Waals surface area (Å²) in [5.74, 6) is -2.03. The van der Waals surface area contributed by atoms with Gasteiger partial charge in [-0.25, -0.2) is 0 Å². The summed E-state index contributed by atoms with van der Waals surface area (Å²) in [7, 11) is 0. The van der Waals surface area contributed by atoms with Crippen molar-refractivity contribution in [3.8, 4) is 0 Å². The van der Waals surface area contributed by atoms with Gasteiger partial charge >= 0.3 is 0 Å². The molecule has 0 radical (unpaired) electrons. The molecule has 20 atom stereocenters. The summed E-state index contributed by atoms with van der Waals surface area (Å²) in [5, 5.41) is 123. The van der Waals surface area contributed by atoms with Gasteiger partial charge in [0.1, 0.15) is 97.5 Å². The molecule has 4 fully saturated rings. The van der Waals surface area contributed by atoms with E-state index in [1.807, 2.05) is 0 Å². The van der Waals surface area contributed by atoms with Crippen LogP contribution < -0.4 is 16.0 Å². The molecule has 0 aromatic carbocycles. The first kappa shape index (κ1) is 44.4. The van der Waals surface area contributed by atoms with Crippen molar-refractivity contribution in [2.45, 2.75) is 143 Å². The van der Waals surface area contributed by atoms with E-state index in [9.17, 15) is 70.6 Å². The molecule has 4 aliphatic heterocycles. The topological polar surface area (TPSA) is 374 Å². The van der Waals surface area contributed by atoms with Crippen LogP contribution in [0.3, 0.4) is 0 Å². The second kappa shape index (κ2) is 19.2. The minimum Gasteiger partial charge on any atom is -0.394 e. The third-order valence-corrected chi connectivity index (χ3v) is 9.39. The fraction of sp³-hybridized carbons (Fsp3) is 0.900. The standard InChI is InChI=1S/C30H51N3O21/c1-8(37)31-15-21(43)19(41)14(49-27(15)47)7-48-28-17(33-10(3)39)23(45)25(13(6-36)52-28)53-30-24(46)26(20(42)12(5-35)51-30)54-29-16(32-9(2)38)22(44)18(40)11(4-34)50-29/h11-30,34-36,40-47H,4-7H2,1-3H3,(H,31,37)(H,32,38)(H,33,39)/t11-,12-,13-,14-,15-,16-,17-,18-,19+,20+,21-,22-,23-,24-,25-,26+,27?,28-,29+,30+/m1/s1. The highest BCUT2D eigenvalue weighted by atomic mass is 16.8. The summed E-state index contributed by atoms with van der Waals surface area (Å²) < 4.78 is 39.5. The predicted octanol–water partition coefficient (Wildman–Crippen LogP) is -9.32. The Balaban J connectivity index is 1.52. The quantitative estimate of drug-likeness (QED) is 0.0823. The molecule has 312 valence electrons. The van der Waals surface area contributed by atoms with Crippen LogP contribution in [-0.2, 0) is 47.5 Å². The SMILES string of the molecule is CC(=O)N[C@H]1[C@H](OC[C@H]2OC(O)[C@H](NC(C)=O)[C@@H](O)[C@H]2O)O[C@H](CO)[C@@H](O[C@@H]2O[C@H](CO)[C@H](O)[C@H](O[C@@H]3O[C@H](CO)[C@@H](O)[C@H](O)[C@H]3NC(C)=O)[C@H]2O)[C@@H]1O. The van der Waals surface area contributed by atoms with Crippen molar-refractivity contribution >= 4 is 17.7 Å². The van der Waals surface area contributed by atoms with Crippen LogP contribution >= 0.6 is 0 Å². The largest absolute Gasteiger partial charge is 0.394 e. The van der Waals surface area contributed by atoms with Crippen LogP contribution in [0.4, 0.5) is 0 Å². The molecule has 14 N–H and O–H groups in total. The van der Waals surface area contributed by atoms with Crippen molar-refractivity contribution in [1.82, 2.24) is 16.0 Å². The molecule has 0 aliphatic carbocycles.